The van der Waals surface area contributed by atoms with Crippen LogP contribution in [0, 0.1) is 5.92 Å². The molecule has 1 amide bonds. The molecule has 0 saturated heterocycles. The largest absolute Gasteiger partial charge is 0.396 e. The van der Waals surface area contributed by atoms with Gasteiger partial charge in [-0.15, -0.1) is 0 Å². The summed E-state index contributed by atoms with van der Waals surface area (Å²) in [7, 11) is 0. The quantitative estimate of drug-likeness (QED) is 0.740. The van der Waals surface area contributed by atoms with Crippen LogP contribution in [0.2, 0.25) is 0 Å². The molecule has 1 aromatic heterocycles. The summed E-state index contributed by atoms with van der Waals surface area (Å²) in [6, 6.07) is 0. The van der Waals surface area contributed by atoms with Crippen LogP contribution < -0.4 is 11.1 Å². The number of nitrogen functional groups attached to an aromatic ring is 1. The molecule has 2 rings (SSSR count). The molecule has 2 atom stereocenters. The molecule has 0 aromatic carbocycles. The molecule has 1 aromatic rings. The lowest BCUT2D eigenvalue weighted by atomic mass is 9.79. The van der Waals surface area contributed by atoms with Crippen molar-refractivity contribution in [2.24, 2.45) is 5.92 Å². The second-order valence-electron chi connectivity index (χ2n) is 5.67. The molecule has 1 fully saturated rings. The zero-order valence-corrected chi connectivity index (χ0v) is 11.3. The van der Waals surface area contributed by atoms with Crippen molar-refractivity contribution >= 4 is 11.6 Å². The first-order valence-corrected chi connectivity index (χ1v) is 6.74. The van der Waals surface area contributed by atoms with Gasteiger partial charge in [0.05, 0.1) is 17.5 Å². The summed E-state index contributed by atoms with van der Waals surface area (Å²) in [5, 5.41) is 17.1. The molecule has 106 valence electrons. The van der Waals surface area contributed by atoms with Crippen molar-refractivity contribution < 1.29 is 9.90 Å². The Balaban J connectivity index is 1.79. The number of rotatable bonds is 4. The summed E-state index contributed by atoms with van der Waals surface area (Å²) >= 11 is 0. The molecule has 0 spiro atoms. The van der Waals surface area contributed by atoms with E-state index in [-0.39, 0.29) is 12.5 Å². The fourth-order valence-electron chi connectivity index (χ4n) is 2.73. The van der Waals surface area contributed by atoms with Crippen LogP contribution in [0.15, 0.2) is 12.4 Å². The van der Waals surface area contributed by atoms with Gasteiger partial charge < -0.3 is 16.2 Å². The lowest BCUT2D eigenvalue weighted by molar-refractivity contribution is -0.123. The number of carbonyl (C=O) groups excluding carboxylic acids is 1. The van der Waals surface area contributed by atoms with Gasteiger partial charge in [-0.25, -0.2) is 0 Å². The molecule has 2 unspecified atom stereocenters. The minimum absolute atomic E-state index is 0.128. The highest BCUT2D eigenvalue weighted by Crippen LogP contribution is 2.31. The Morgan fingerprint density at radius 2 is 2.53 bits per heavy atom. The van der Waals surface area contributed by atoms with E-state index in [0.29, 0.717) is 18.2 Å². The van der Waals surface area contributed by atoms with Crippen LogP contribution in [0.3, 0.4) is 0 Å². The Labute approximate surface area is 113 Å². The minimum Gasteiger partial charge on any atom is -0.396 e. The Bertz CT molecular complexity index is 446. The van der Waals surface area contributed by atoms with Gasteiger partial charge in [0.1, 0.15) is 6.54 Å². The monoisotopic (exact) mass is 266 g/mol. The molecule has 1 aliphatic rings. The number of aromatic nitrogens is 2. The van der Waals surface area contributed by atoms with Gasteiger partial charge >= 0.3 is 0 Å². The number of aliphatic hydroxyl groups is 1. The van der Waals surface area contributed by atoms with Crippen molar-refractivity contribution in [3.63, 3.8) is 0 Å². The Morgan fingerprint density at radius 3 is 3.16 bits per heavy atom. The molecular formula is C13H22N4O2. The summed E-state index contributed by atoms with van der Waals surface area (Å²) in [6.45, 7) is 2.58. The van der Waals surface area contributed by atoms with Crippen LogP contribution in [0.4, 0.5) is 5.69 Å². The van der Waals surface area contributed by atoms with E-state index in [1.807, 2.05) is 0 Å². The molecule has 1 heterocycles. The first-order valence-electron chi connectivity index (χ1n) is 6.74. The minimum atomic E-state index is -0.754. The van der Waals surface area contributed by atoms with Crippen LogP contribution in [0.25, 0.3) is 0 Å². The number of nitrogens with two attached hydrogens (primary N) is 1. The fourth-order valence-corrected chi connectivity index (χ4v) is 2.73. The van der Waals surface area contributed by atoms with Gasteiger partial charge in [-0.3, -0.25) is 9.48 Å². The molecule has 1 aliphatic carbocycles. The van der Waals surface area contributed by atoms with Crippen LogP contribution in [0.1, 0.15) is 32.6 Å². The summed E-state index contributed by atoms with van der Waals surface area (Å²) in [5.41, 5.74) is 5.31. The van der Waals surface area contributed by atoms with E-state index in [2.05, 4.69) is 17.3 Å². The lowest BCUT2D eigenvalue weighted by Gasteiger charge is -2.35. The normalized spacial score (nSPS) is 27.2. The third-order valence-corrected chi connectivity index (χ3v) is 3.64. The summed E-state index contributed by atoms with van der Waals surface area (Å²) < 4.78 is 1.48. The van der Waals surface area contributed by atoms with Crippen molar-refractivity contribution in [1.82, 2.24) is 15.1 Å². The standard InChI is InChI=1S/C13H22N4O2/c1-10-3-2-4-13(19,5-10)9-15-12(18)8-17-7-11(14)6-16-17/h6-7,10,19H,2-5,8-9,14H2,1H3,(H,15,18). The summed E-state index contributed by atoms with van der Waals surface area (Å²) in [4.78, 5) is 11.8. The van der Waals surface area contributed by atoms with E-state index >= 15 is 0 Å². The molecule has 0 radical (unpaired) electrons. The smallest absolute Gasteiger partial charge is 0.241 e. The maximum absolute atomic E-state index is 11.8. The second kappa shape index (κ2) is 5.61. The third kappa shape index (κ3) is 3.96. The van der Waals surface area contributed by atoms with Gasteiger partial charge in [0, 0.05) is 12.7 Å². The predicted octanol–water partition coefficient (Wildman–Crippen LogP) is 0.523. The van der Waals surface area contributed by atoms with Crippen molar-refractivity contribution in [3.05, 3.63) is 12.4 Å². The number of hydrogen-bond donors (Lipinski definition) is 3. The second-order valence-corrected chi connectivity index (χ2v) is 5.67. The molecule has 0 bridgehead atoms. The summed E-state index contributed by atoms with van der Waals surface area (Å²) in [6.07, 6.45) is 6.79. The average Bonchev–Trinajstić information content (AvgIpc) is 2.72. The van der Waals surface area contributed by atoms with Gasteiger partial charge in [-0.05, 0) is 18.8 Å². The van der Waals surface area contributed by atoms with Gasteiger partial charge in [0.15, 0.2) is 0 Å². The Morgan fingerprint density at radius 1 is 1.74 bits per heavy atom. The first kappa shape index (κ1) is 13.9. The number of anilines is 1. The molecule has 6 heteroatoms. The number of nitrogens with one attached hydrogen (secondary N) is 1. The topological polar surface area (TPSA) is 93.2 Å². The van der Waals surface area contributed by atoms with E-state index in [9.17, 15) is 9.90 Å². The van der Waals surface area contributed by atoms with Crippen molar-refractivity contribution in [1.29, 1.82) is 0 Å². The fraction of sp³-hybridized carbons (Fsp3) is 0.692. The SMILES string of the molecule is CC1CCCC(O)(CNC(=O)Cn2cc(N)cn2)C1. The molecule has 6 nitrogen and oxygen atoms in total. The Kier molecular flexibility index (Phi) is 4.09. The number of carbonyl (C=O) groups is 1. The Hall–Kier alpha value is -1.56. The maximum Gasteiger partial charge on any atom is 0.241 e. The zero-order valence-electron chi connectivity index (χ0n) is 11.3. The van der Waals surface area contributed by atoms with Gasteiger partial charge in [-0.1, -0.05) is 19.8 Å². The number of hydrogen-bond acceptors (Lipinski definition) is 4. The van der Waals surface area contributed by atoms with Crippen LogP contribution in [-0.4, -0.2) is 32.9 Å². The zero-order chi connectivity index (χ0) is 13.9. The van der Waals surface area contributed by atoms with E-state index < -0.39 is 5.60 Å². The third-order valence-electron chi connectivity index (χ3n) is 3.64. The molecule has 19 heavy (non-hydrogen) atoms. The van der Waals surface area contributed by atoms with Crippen molar-refractivity contribution in [2.75, 3.05) is 12.3 Å². The van der Waals surface area contributed by atoms with Gasteiger partial charge in [0.25, 0.3) is 0 Å². The van der Waals surface area contributed by atoms with E-state index in [1.165, 1.54) is 10.9 Å². The summed E-state index contributed by atoms with van der Waals surface area (Å²) in [5.74, 6) is 0.358. The number of amides is 1. The molecule has 0 aliphatic heterocycles. The average molecular weight is 266 g/mol. The van der Waals surface area contributed by atoms with E-state index in [0.717, 1.165) is 25.7 Å². The molecular weight excluding hydrogens is 244 g/mol. The maximum atomic E-state index is 11.8. The van der Waals surface area contributed by atoms with Crippen molar-refractivity contribution in [2.45, 2.75) is 44.8 Å². The highest BCUT2D eigenvalue weighted by molar-refractivity contribution is 5.75. The van der Waals surface area contributed by atoms with Gasteiger partial charge in [0.2, 0.25) is 5.91 Å². The first-order chi connectivity index (χ1) is 8.97. The van der Waals surface area contributed by atoms with Crippen LogP contribution in [-0.2, 0) is 11.3 Å². The molecule has 4 N–H and O–H groups in total. The highest BCUT2D eigenvalue weighted by Gasteiger charge is 2.32. The number of nitrogens with zero attached hydrogens (tertiary/aromatic N) is 2. The van der Waals surface area contributed by atoms with Crippen LogP contribution in [0.5, 0.6) is 0 Å². The predicted molar refractivity (Wildman–Crippen MR) is 72.2 cm³/mol. The van der Waals surface area contributed by atoms with E-state index in [4.69, 9.17) is 5.73 Å². The molecule has 1 saturated carbocycles. The van der Waals surface area contributed by atoms with Gasteiger partial charge in [-0.2, -0.15) is 5.10 Å². The van der Waals surface area contributed by atoms with Crippen molar-refractivity contribution in [3.8, 4) is 0 Å². The van der Waals surface area contributed by atoms with E-state index in [1.54, 1.807) is 6.20 Å². The highest BCUT2D eigenvalue weighted by atomic mass is 16.3. The van der Waals surface area contributed by atoms with Crippen LogP contribution >= 0.6 is 0 Å². The lowest BCUT2D eigenvalue weighted by Crippen LogP contribution is -2.46.